The van der Waals surface area contributed by atoms with E-state index < -0.39 is 12.5 Å². The van der Waals surface area contributed by atoms with Crippen molar-refractivity contribution in [1.29, 1.82) is 0 Å². The predicted octanol–water partition coefficient (Wildman–Crippen LogP) is 1.59. The van der Waals surface area contributed by atoms with Crippen LogP contribution in [-0.2, 0) is 6.54 Å². The van der Waals surface area contributed by atoms with Crippen LogP contribution < -0.4 is 5.32 Å². The maximum atomic E-state index is 12.1. The molecule has 2 aromatic rings. The van der Waals surface area contributed by atoms with Gasteiger partial charge in [0.05, 0.1) is 11.9 Å². The van der Waals surface area contributed by atoms with E-state index in [-0.39, 0.29) is 6.54 Å². The summed E-state index contributed by atoms with van der Waals surface area (Å²) in [6.45, 7) is 0.241. The van der Waals surface area contributed by atoms with Crippen LogP contribution in [0.5, 0.6) is 0 Å². The zero-order valence-electron chi connectivity index (χ0n) is 10.2. The first kappa shape index (κ1) is 13.6. The van der Waals surface area contributed by atoms with E-state index in [0.717, 1.165) is 11.3 Å². The van der Waals surface area contributed by atoms with Gasteiger partial charge in [0, 0.05) is 24.8 Å². The van der Waals surface area contributed by atoms with Crippen LogP contribution in [0.1, 0.15) is 5.56 Å². The molecule has 1 aromatic carbocycles. The lowest BCUT2D eigenvalue weighted by molar-refractivity contribution is -0.00340. The van der Waals surface area contributed by atoms with Gasteiger partial charge in [-0.3, -0.25) is 0 Å². The van der Waals surface area contributed by atoms with Crippen molar-refractivity contribution in [3.8, 4) is 5.69 Å². The van der Waals surface area contributed by atoms with Crippen molar-refractivity contribution in [2.24, 2.45) is 0 Å². The average molecular weight is 267 g/mol. The van der Waals surface area contributed by atoms with Gasteiger partial charge < -0.3 is 10.4 Å². The molecule has 1 heterocycles. The number of alkyl halides is 2. The topological polar surface area (TPSA) is 50.1 Å². The summed E-state index contributed by atoms with van der Waals surface area (Å²) in [5.41, 5.74) is 1.80. The monoisotopic (exact) mass is 267 g/mol. The van der Waals surface area contributed by atoms with E-state index in [9.17, 15) is 8.78 Å². The molecule has 102 valence electrons. The molecule has 0 fully saturated rings. The third-order valence-electron chi connectivity index (χ3n) is 2.63. The Balaban J connectivity index is 1.88. The molecule has 6 heteroatoms. The molecular weight excluding hydrogens is 252 g/mol. The first-order valence-corrected chi connectivity index (χ1v) is 5.92. The molecule has 0 aliphatic rings. The smallest absolute Gasteiger partial charge is 0.265 e. The second-order valence-corrected chi connectivity index (χ2v) is 4.16. The first-order valence-electron chi connectivity index (χ1n) is 5.92. The summed E-state index contributed by atoms with van der Waals surface area (Å²) in [5, 5.41) is 15.9. The number of nitrogens with zero attached hydrogens (tertiary/aromatic N) is 2. The third kappa shape index (κ3) is 3.84. The molecule has 2 N–H and O–H groups in total. The molecule has 0 aliphatic heterocycles. The second kappa shape index (κ2) is 6.40. The van der Waals surface area contributed by atoms with E-state index in [1.54, 1.807) is 10.9 Å². The van der Waals surface area contributed by atoms with Crippen molar-refractivity contribution in [3.63, 3.8) is 0 Å². The summed E-state index contributed by atoms with van der Waals surface area (Å²) in [7, 11) is 0. The lowest BCUT2D eigenvalue weighted by Gasteiger charge is -2.09. The van der Waals surface area contributed by atoms with Gasteiger partial charge in [0.15, 0.2) is 0 Å². The van der Waals surface area contributed by atoms with Gasteiger partial charge in [0.25, 0.3) is 6.43 Å². The molecule has 0 aliphatic carbocycles. The maximum absolute atomic E-state index is 12.1. The average Bonchev–Trinajstić information content (AvgIpc) is 2.88. The third-order valence-corrected chi connectivity index (χ3v) is 2.63. The number of aromatic nitrogens is 2. The van der Waals surface area contributed by atoms with Gasteiger partial charge >= 0.3 is 0 Å². The molecule has 0 saturated heterocycles. The summed E-state index contributed by atoms with van der Waals surface area (Å²) in [4.78, 5) is 0. The van der Waals surface area contributed by atoms with Gasteiger partial charge in [-0.1, -0.05) is 18.2 Å². The summed E-state index contributed by atoms with van der Waals surface area (Å²) < 4.78 is 25.9. The minimum Gasteiger partial charge on any atom is -0.386 e. The van der Waals surface area contributed by atoms with E-state index in [1.807, 2.05) is 36.5 Å². The second-order valence-electron chi connectivity index (χ2n) is 4.16. The largest absolute Gasteiger partial charge is 0.386 e. The van der Waals surface area contributed by atoms with E-state index in [1.165, 1.54) is 0 Å². The van der Waals surface area contributed by atoms with E-state index in [4.69, 9.17) is 5.11 Å². The number of hydrogen-bond donors (Lipinski definition) is 2. The summed E-state index contributed by atoms with van der Waals surface area (Å²) in [6, 6.07) is 9.58. The van der Waals surface area contributed by atoms with Crippen LogP contribution in [0.2, 0.25) is 0 Å². The Morgan fingerprint density at radius 3 is 2.68 bits per heavy atom. The summed E-state index contributed by atoms with van der Waals surface area (Å²) in [5.74, 6) is 0. The molecular formula is C13H15F2N3O. The van der Waals surface area contributed by atoms with Gasteiger partial charge in [-0.25, -0.2) is 13.5 Å². The van der Waals surface area contributed by atoms with Gasteiger partial charge in [0.1, 0.15) is 6.10 Å². The van der Waals surface area contributed by atoms with Crippen LogP contribution in [0.15, 0.2) is 42.7 Å². The molecule has 19 heavy (non-hydrogen) atoms. The number of rotatable bonds is 6. The lowest BCUT2D eigenvalue weighted by Crippen LogP contribution is -2.31. The molecule has 4 nitrogen and oxygen atoms in total. The fourth-order valence-electron chi connectivity index (χ4n) is 1.63. The molecule has 0 radical (unpaired) electrons. The normalized spacial score (nSPS) is 12.8. The minimum atomic E-state index is -2.72. The van der Waals surface area contributed by atoms with Crippen LogP contribution >= 0.6 is 0 Å². The molecule has 0 spiro atoms. The molecule has 1 atom stereocenters. The predicted molar refractivity (Wildman–Crippen MR) is 67.3 cm³/mol. The standard InChI is InChI=1S/C13H15F2N3O/c14-13(15)12(19)8-16-6-10-7-17-18(9-10)11-4-2-1-3-5-11/h1-5,7,9,12-13,16,19H,6,8H2. The quantitative estimate of drug-likeness (QED) is 0.835. The Morgan fingerprint density at radius 1 is 1.26 bits per heavy atom. The Kier molecular flexibility index (Phi) is 4.59. The van der Waals surface area contributed by atoms with Crippen molar-refractivity contribution in [3.05, 3.63) is 48.3 Å². The van der Waals surface area contributed by atoms with E-state index in [2.05, 4.69) is 10.4 Å². The van der Waals surface area contributed by atoms with Crippen molar-refractivity contribution >= 4 is 0 Å². The highest BCUT2D eigenvalue weighted by molar-refractivity contribution is 5.30. The molecule has 1 unspecified atom stereocenters. The number of aliphatic hydroxyl groups is 1. The van der Waals surface area contributed by atoms with Crippen LogP contribution in [-0.4, -0.2) is 34.0 Å². The van der Waals surface area contributed by atoms with Gasteiger partial charge in [-0.15, -0.1) is 0 Å². The van der Waals surface area contributed by atoms with Crippen molar-refractivity contribution < 1.29 is 13.9 Å². The first-order chi connectivity index (χ1) is 9.16. The van der Waals surface area contributed by atoms with Gasteiger partial charge in [-0.2, -0.15) is 5.10 Å². The molecule has 0 saturated carbocycles. The maximum Gasteiger partial charge on any atom is 0.265 e. The van der Waals surface area contributed by atoms with E-state index in [0.29, 0.717) is 6.54 Å². The van der Waals surface area contributed by atoms with Crippen LogP contribution in [0.4, 0.5) is 8.78 Å². The van der Waals surface area contributed by atoms with Crippen LogP contribution in [0.3, 0.4) is 0 Å². The molecule has 0 bridgehead atoms. The molecule has 1 aromatic heterocycles. The molecule has 0 amide bonds. The number of aliphatic hydroxyl groups excluding tert-OH is 1. The summed E-state index contributed by atoms with van der Waals surface area (Å²) in [6.07, 6.45) is -0.880. The number of para-hydroxylation sites is 1. The van der Waals surface area contributed by atoms with Gasteiger partial charge in [-0.05, 0) is 12.1 Å². The highest BCUT2D eigenvalue weighted by Gasteiger charge is 2.15. The zero-order chi connectivity index (χ0) is 13.7. The highest BCUT2D eigenvalue weighted by Crippen LogP contribution is 2.07. The van der Waals surface area contributed by atoms with E-state index >= 15 is 0 Å². The minimum absolute atomic E-state index is 0.145. The fraction of sp³-hybridized carbons (Fsp3) is 0.308. The Hall–Kier alpha value is -1.79. The Morgan fingerprint density at radius 2 is 2.00 bits per heavy atom. The Labute approximate surface area is 109 Å². The zero-order valence-corrected chi connectivity index (χ0v) is 10.2. The fourth-order valence-corrected chi connectivity index (χ4v) is 1.63. The highest BCUT2D eigenvalue weighted by atomic mass is 19.3. The van der Waals surface area contributed by atoms with Crippen LogP contribution in [0.25, 0.3) is 5.69 Å². The SMILES string of the molecule is OC(CNCc1cnn(-c2ccccc2)c1)C(F)F. The van der Waals surface area contributed by atoms with Crippen molar-refractivity contribution in [2.45, 2.75) is 19.1 Å². The summed E-state index contributed by atoms with van der Waals surface area (Å²) >= 11 is 0. The Bertz CT molecular complexity index is 502. The number of hydrogen-bond acceptors (Lipinski definition) is 3. The van der Waals surface area contributed by atoms with Crippen molar-refractivity contribution in [2.75, 3.05) is 6.54 Å². The lowest BCUT2D eigenvalue weighted by atomic mass is 10.3. The number of nitrogens with one attached hydrogen (secondary N) is 1. The molecule has 2 rings (SSSR count). The van der Waals surface area contributed by atoms with Crippen LogP contribution in [0, 0.1) is 0 Å². The number of benzene rings is 1. The van der Waals surface area contributed by atoms with Crippen molar-refractivity contribution in [1.82, 2.24) is 15.1 Å². The van der Waals surface area contributed by atoms with Gasteiger partial charge in [0.2, 0.25) is 0 Å². The number of halogens is 2.